The van der Waals surface area contributed by atoms with E-state index < -0.39 is 5.60 Å². The van der Waals surface area contributed by atoms with E-state index in [-0.39, 0.29) is 11.9 Å². The van der Waals surface area contributed by atoms with Crippen LogP contribution in [-0.2, 0) is 10.3 Å². The van der Waals surface area contributed by atoms with Gasteiger partial charge in [-0.2, -0.15) is 0 Å². The van der Waals surface area contributed by atoms with Gasteiger partial charge in [0.15, 0.2) is 0 Å². The molecule has 2 aliphatic heterocycles. The molecular weight excluding hydrogens is 305 g/mol. The molecule has 0 saturated carbocycles. The predicted molar refractivity (Wildman–Crippen MR) is 90.6 cm³/mol. The first-order valence-electron chi connectivity index (χ1n) is 7.85. The first-order chi connectivity index (χ1) is 11.6. The van der Waals surface area contributed by atoms with Crippen LogP contribution in [0.25, 0.3) is 0 Å². The Morgan fingerprint density at radius 3 is 2.83 bits per heavy atom. The summed E-state index contributed by atoms with van der Waals surface area (Å²) < 4.78 is 20.0. The smallest absolute Gasteiger partial charge is 0.144 e. The number of aryl methyl sites for hydroxylation is 1. The molecule has 2 aromatic carbocycles. The monoisotopic (exact) mass is 323 g/mol. The van der Waals surface area contributed by atoms with Crippen LogP contribution in [0.2, 0.25) is 0 Å². The summed E-state index contributed by atoms with van der Waals surface area (Å²) in [5, 5.41) is 1.82. The molecule has 0 bridgehead atoms. The summed E-state index contributed by atoms with van der Waals surface area (Å²) in [6, 6.07) is 14.7. The molecule has 1 fully saturated rings. The SMILES string of the molecule is C=C1N=CNN1C[C@]1(c2cccc(F)c2)O[C@@H]1c1ccccc1C. The van der Waals surface area contributed by atoms with Crippen LogP contribution in [0.4, 0.5) is 4.39 Å². The molecule has 0 spiro atoms. The van der Waals surface area contributed by atoms with Gasteiger partial charge in [0.25, 0.3) is 0 Å². The van der Waals surface area contributed by atoms with Crippen LogP contribution in [0, 0.1) is 12.7 Å². The molecule has 0 unspecified atom stereocenters. The molecule has 4 rings (SSSR count). The minimum atomic E-state index is -0.627. The molecule has 0 radical (unpaired) electrons. The van der Waals surface area contributed by atoms with Gasteiger partial charge in [-0.15, -0.1) is 0 Å². The maximum atomic E-state index is 13.8. The van der Waals surface area contributed by atoms with Gasteiger partial charge in [-0.25, -0.2) is 9.38 Å². The maximum absolute atomic E-state index is 13.8. The molecule has 24 heavy (non-hydrogen) atoms. The summed E-state index contributed by atoms with van der Waals surface area (Å²) in [5.41, 5.74) is 5.51. The Labute approximate surface area is 140 Å². The number of rotatable bonds is 4. The highest BCUT2D eigenvalue weighted by molar-refractivity contribution is 5.58. The minimum absolute atomic E-state index is 0.129. The lowest BCUT2D eigenvalue weighted by Crippen LogP contribution is -2.38. The van der Waals surface area contributed by atoms with Crippen LogP contribution in [0.3, 0.4) is 0 Å². The number of epoxide rings is 1. The number of aliphatic imine (C=N–C) groups is 1. The molecule has 122 valence electrons. The van der Waals surface area contributed by atoms with Crippen LogP contribution < -0.4 is 5.43 Å². The summed E-state index contributed by atoms with van der Waals surface area (Å²) >= 11 is 0. The van der Waals surface area contributed by atoms with Gasteiger partial charge in [0.2, 0.25) is 0 Å². The minimum Gasteiger partial charge on any atom is -0.354 e. The van der Waals surface area contributed by atoms with E-state index >= 15 is 0 Å². The molecular formula is C19H18FN3O. The molecule has 4 nitrogen and oxygen atoms in total. The lowest BCUT2D eigenvalue weighted by molar-refractivity contribution is 0.205. The highest BCUT2D eigenvalue weighted by Gasteiger charge is 2.60. The van der Waals surface area contributed by atoms with Crippen LogP contribution in [0.5, 0.6) is 0 Å². The van der Waals surface area contributed by atoms with Gasteiger partial charge in [-0.3, -0.25) is 10.4 Å². The molecule has 5 heteroatoms. The molecule has 2 aromatic rings. The number of hydrogen-bond donors (Lipinski definition) is 1. The molecule has 2 aliphatic rings. The van der Waals surface area contributed by atoms with Crippen molar-refractivity contribution in [2.75, 3.05) is 6.54 Å². The summed E-state index contributed by atoms with van der Waals surface area (Å²) in [6.07, 6.45) is 1.46. The zero-order chi connectivity index (χ0) is 16.7. The second-order valence-electron chi connectivity index (χ2n) is 6.14. The number of hydrazine groups is 1. The Balaban J connectivity index is 1.72. The summed E-state index contributed by atoms with van der Waals surface area (Å²) in [7, 11) is 0. The Bertz CT molecular complexity index is 835. The zero-order valence-electron chi connectivity index (χ0n) is 13.4. The molecule has 2 heterocycles. The van der Waals surface area contributed by atoms with Crippen molar-refractivity contribution in [3.8, 4) is 0 Å². The van der Waals surface area contributed by atoms with Crippen molar-refractivity contribution in [3.05, 3.63) is 83.4 Å². The van der Waals surface area contributed by atoms with Gasteiger partial charge in [-0.05, 0) is 35.7 Å². The maximum Gasteiger partial charge on any atom is 0.144 e. The van der Waals surface area contributed by atoms with Crippen molar-refractivity contribution < 1.29 is 9.13 Å². The van der Waals surface area contributed by atoms with Gasteiger partial charge in [-0.1, -0.05) is 43.0 Å². The number of ether oxygens (including phenoxy) is 1. The van der Waals surface area contributed by atoms with E-state index in [0.29, 0.717) is 12.4 Å². The Kier molecular flexibility index (Phi) is 3.39. The zero-order valence-corrected chi connectivity index (χ0v) is 13.4. The second kappa shape index (κ2) is 5.46. The number of nitrogens with zero attached hydrogens (tertiary/aromatic N) is 2. The van der Waals surface area contributed by atoms with E-state index in [2.05, 4.69) is 36.1 Å². The molecule has 1 saturated heterocycles. The van der Waals surface area contributed by atoms with Crippen molar-refractivity contribution in [2.45, 2.75) is 18.6 Å². The van der Waals surface area contributed by atoms with Gasteiger partial charge >= 0.3 is 0 Å². The van der Waals surface area contributed by atoms with Crippen LogP contribution in [-0.4, -0.2) is 17.9 Å². The predicted octanol–water partition coefficient (Wildman–Crippen LogP) is 3.42. The van der Waals surface area contributed by atoms with Gasteiger partial charge in [0.1, 0.15) is 29.7 Å². The fourth-order valence-electron chi connectivity index (χ4n) is 3.24. The van der Waals surface area contributed by atoms with Crippen molar-refractivity contribution >= 4 is 6.34 Å². The fraction of sp³-hybridized carbons (Fsp3) is 0.211. The summed E-state index contributed by atoms with van der Waals surface area (Å²) in [6.45, 7) is 6.46. The van der Waals surface area contributed by atoms with Gasteiger partial charge in [0, 0.05) is 0 Å². The lowest BCUT2D eigenvalue weighted by Gasteiger charge is -2.23. The van der Waals surface area contributed by atoms with Crippen LogP contribution in [0.15, 0.2) is 65.9 Å². The quantitative estimate of drug-likeness (QED) is 0.877. The van der Waals surface area contributed by atoms with Crippen LogP contribution >= 0.6 is 0 Å². The van der Waals surface area contributed by atoms with Crippen molar-refractivity contribution in [2.24, 2.45) is 4.99 Å². The third-order valence-electron chi connectivity index (χ3n) is 4.61. The molecule has 0 aliphatic carbocycles. The Hall–Kier alpha value is -2.66. The largest absolute Gasteiger partial charge is 0.354 e. The van der Waals surface area contributed by atoms with Crippen molar-refractivity contribution in [1.29, 1.82) is 0 Å². The highest BCUT2D eigenvalue weighted by atomic mass is 19.1. The molecule has 0 aromatic heterocycles. The number of halogens is 1. The molecule has 0 amide bonds. The van der Waals surface area contributed by atoms with E-state index in [9.17, 15) is 4.39 Å². The number of benzene rings is 2. The van der Waals surface area contributed by atoms with E-state index in [0.717, 1.165) is 16.7 Å². The third kappa shape index (κ3) is 2.37. The first kappa shape index (κ1) is 14.9. The average molecular weight is 323 g/mol. The fourth-order valence-corrected chi connectivity index (χ4v) is 3.24. The number of nitrogens with one attached hydrogen (secondary N) is 1. The van der Waals surface area contributed by atoms with Crippen LogP contribution in [0.1, 0.15) is 22.8 Å². The molecule has 2 atom stereocenters. The normalized spacial score (nSPS) is 25.0. The van der Waals surface area contributed by atoms with Crippen molar-refractivity contribution in [3.63, 3.8) is 0 Å². The third-order valence-corrected chi connectivity index (χ3v) is 4.61. The lowest BCUT2D eigenvalue weighted by atomic mass is 9.89. The topological polar surface area (TPSA) is 40.2 Å². The second-order valence-corrected chi connectivity index (χ2v) is 6.14. The summed E-state index contributed by atoms with van der Waals surface area (Å²) in [5.74, 6) is 0.347. The van der Waals surface area contributed by atoms with E-state index in [4.69, 9.17) is 4.74 Å². The summed E-state index contributed by atoms with van der Waals surface area (Å²) in [4.78, 5) is 4.12. The van der Waals surface area contributed by atoms with Gasteiger partial charge in [0.05, 0.1) is 6.54 Å². The highest BCUT2D eigenvalue weighted by Crippen LogP contribution is 2.58. The molecule has 1 N–H and O–H groups in total. The van der Waals surface area contributed by atoms with E-state index in [1.807, 2.05) is 23.2 Å². The Morgan fingerprint density at radius 2 is 2.12 bits per heavy atom. The van der Waals surface area contributed by atoms with Crippen molar-refractivity contribution in [1.82, 2.24) is 10.4 Å². The first-order valence-corrected chi connectivity index (χ1v) is 7.85. The Morgan fingerprint density at radius 1 is 1.29 bits per heavy atom. The van der Waals surface area contributed by atoms with E-state index in [1.165, 1.54) is 12.1 Å². The van der Waals surface area contributed by atoms with E-state index in [1.54, 1.807) is 12.4 Å². The standard InChI is InChI=1S/C19H18FN3O/c1-13-6-3-4-9-17(13)18-19(24-18,11-23-14(2)21-12-22-23)15-7-5-8-16(20)10-15/h3-10,12,18H,2,11H2,1H3,(H,21,22)/t18-,19-/m1/s1. The average Bonchev–Trinajstić information content (AvgIpc) is 3.16. The number of hydrogen-bond acceptors (Lipinski definition) is 4. The van der Waals surface area contributed by atoms with Gasteiger partial charge < -0.3 is 4.74 Å².